The summed E-state index contributed by atoms with van der Waals surface area (Å²) in [5.41, 5.74) is 0.408. The fourth-order valence-corrected chi connectivity index (χ4v) is 2.60. The molecule has 0 saturated heterocycles. The van der Waals surface area contributed by atoms with Gasteiger partial charge in [0.15, 0.2) is 11.6 Å². The first-order valence-electron chi connectivity index (χ1n) is 6.70. The summed E-state index contributed by atoms with van der Waals surface area (Å²) in [5.74, 6) is -4.37. The molecule has 1 atom stereocenters. The third-order valence-electron chi connectivity index (χ3n) is 3.22. The SMILES string of the molecule is O=C(N[C@@H](Cc1cc(Cl)ccc1Br)C(=O)O)c1ccc(F)c(F)c1. The molecule has 2 aromatic rings. The van der Waals surface area contributed by atoms with Gasteiger partial charge in [0.25, 0.3) is 5.91 Å². The topological polar surface area (TPSA) is 66.4 Å². The second-order valence-electron chi connectivity index (χ2n) is 4.93. The molecule has 0 aromatic heterocycles. The number of carbonyl (C=O) groups is 2. The van der Waals surface area contributed by atoms with Crippen molar-refractivity contribution in [1.82, 2.24) is 5.32 Å². The van der Waals surface area contributed by atoms with Gasteiger partial charge in [0.1, 0.15) is 6.04 Å². The van der Waals surface area contributed by atoms with E-state index in [2.05, 4.69) is 21.2 Å². The maximum Gasteiger partial charge on any atom is 0.326 e. The van der Waals surface area contributed by atoms with E-state index in [1.165, 1.54) is 0 Å². The second kappa shape index (κ2) is 7.72. The molecule has 0 aliphatic heterocycles. The Morgan fingerprint density at radius 3 is 2.50 bits per heavy atom. The van der Waals surface area contributed by atoms with Gasteiger partial charge in [-0.2, -0.15) is 0 Å². The standard InChI is InChI=1S/C16H11BrClF2NO3/c17-11-3-2-10(18)5-9(11)7-14(16(23)24)21-15(22)8-1-4-12(19)13(20)6-8/h1-6,14H,7H2,(H,21,22)(H,23,24)/t14-/m0/s1. The van der Waals surface area contributed by atoms with Crippen molar-refractivity contribution in [3.8, 4) is 0 Å². The van der Waals surface area contributed by atoms with Gasteiger partial charge in [-0.15, -0.1) is 0 Å². The third-order valence-corrected chi connectivity index (χ3v) is 4.23. The maximum absolute atomic E-state index is 13.2. The molecule has 2 rings (SSSR count). The third kappa shape index (κ3) is 4.52. The summed E-state index contributed by atoms with van der Waals surface area (Å²) in [6, 6.07) is 6.18. The van der Waals surface area contributed by atoms with Gasteiger partial charge in [-0.05, 0) is 42.0 Å². The zero-order valence-corrected chi connectivity index (χ0v) is 14.4. The lowest BCUT2D eigenvalue weighted by molar-refractivity contribution is -0.139. The molecule has 0 radical (unpaired) electrons. The van der Waals surface area contributed by atoms with Crippen LogP contribution in [0.5, 0.6) is 0 Å². The highest BCUT2D eigenvalue weighted by molar-refractivity contribution is 9.10. The van der Waals surface area contributed by atoms with Crippen LogP contribution in [0.25, 0.3) is 0 Å². The summed E-state index contributed by atoms with van der Waals surface area (Å²) in [7, 11) is 0. The Morgan fingerprint density at radius 1 is 1.17 bits per heavy atom. The van der Waals surface area contributed by atoms with Crippen LogP contribution in [0.4, 0.5) is 8.78 Å². The Kier molecular flexibility index (Phi) is 5.90. The van der Waals surface area contributed by atoms with Crippen LogP contribution in [-0.2, 0) is 11.2 Å². The van der Waals surface area contributed by atoms with Crippen molar-refractivity contribution in [2.45, 2.75) is 12.5 Å². The summed E-state index contributed by atoms with van der Waals surface area (Å²) in [4.78, 5) is 23.5. The first kappa shape index (κ1) is 18.4. The molecule has 0 aliphatic rings. The highest BCUT2D eigenvalue weighted by Gasteiger charge is 2.22. The number of nitrogens with one attached hydrogen (secondary N) is 1. The van der Waals surface area contributed by atoms with E-state index in [1.54, 1.807) is 18.2 Å². The monoisotopic (exact) mass is 417 g/mol. The molecular formula is C16H11BrClF2NO3. The summed E-state index contributed by atoms with van der Waals surface area (Å²) >= 11 is 9.16. The minimum absolute atomic E-state index is 0.0358. The Balaban J connectivity index is 2.19. The molecule has 0 saturated carbocycles. The fourth-order valence-electron chi connectivity index (χ4n) is 2.00. The first-order chi connectivity index (χ1) is 11.3. The number of benzene rings is 2. The second-order valence-corrected chi connectivity index (χ2v) is 6.22. The molecule has 0 fully saturated rings. The van der Waals surface area contributed by atoms with Crippen molar-refractivity contribution >= 4 is 39.4 Å². The van der Waals surface area contributed by atoms with E-state index < -0.39 is 29.6 Å². The summed E-state index contributed by atoms with van der Waals surface area (Å²) < 4.78 is 26.7. The fraction of sp³-hybridized carbons (Fsp3) is 0.125. The highest BCUT2D eigenvalue weighted by atomic mass is 79.9. The molecule has 24 heavy (non-hydrogen) atoms. The van der Waals surface area contributed by atoms with Crippen LogP contribution in [0.1, 0.15) is 15.9 Å². The summed E-state index contributed by atoms with van der Waals surface area (Å²) in [6.07, 6.45) is -0.0358. The Morgan fingerprint density at radius 2 is 1.88 bits per heavy atom. The lowest BCUT2D eigenvalue weighted by atomic mass is 10.1. The minimum atomic E-state index is -1.27. The van der Waals surface area contributed by atoms with E-state index in [0.717, 1.165) is 12.1 Å². The van der Waals surface area contributed by atoms with E-state index in [1.807, 2.05) is 0 Å². The zero-order valence-electron chi connectivity index (χ0n) is 12.0. The molecule has 0 spiro atoms. The van der Waals surface area contributed by atoms with Crippen molar-refractivity contribution in [1.29, 1.82) is 0 Å². The number of rotatable bonds is 5. The number of carbonyl (C=O) groups excluding carboxylic acids is 1. The molecule has 1 amide bonds. The predicted octanol–water partition coefficient (Wildman–Crippen LogP) is 3.81. The maximum atomic E-state index is 13.2. The highest BCUT2D eigenvalue weighted by Crippen LogP contribution is 2.22. The van der Waals surface area contributed by atoms with Gasteiger partial charge in [0.2, 0.25) is 0 Å². The lowest BCUT2D eigenvalue weighted by Gasteiger charge is -2.16. The predicted molar refractivity (Wildman–Crippen MR) is 88.1 cm³/mol. The number of aliphatic carboxylic acids is 1. The van der Waals surface area contributed by atoms with Crippen LogP contribution in [0.3, 0.4) is 0 Å². The number of carboxylic acids is 1. The first-order valence-corrected chi connectivity index (χ1v) is 7.87. The largest absolute Gasteiger partial charge is 0.480 e. The van der Waals surface area contributed by atoms with Gasteiger partial charge in [-0.3, -0.25) is 4.79 Å². The minimum Gasteiger partial charge on any atom is -0.480 e. The molecule has 4 nitrogen and oxygen atoms in total. The molecule has 2 N–H and O–H groups in total. The van der Waals surface area contributed by atoms with E-state index >= 15 is 0 Å². The number of halogens is 4. The van der Waals surface area contributed by atoms with Crippen molar-refractivity contribution in [3.63, 3.8) is 0 Å². The van der Waals surface area contributed by atoms with Crippen molar-refractivity contribution in [2.24, 2.45) is 0 Å². The Bertz CT molecular complexity index is 801. The zero-order chi connectivity index (χ0) is 17.9. The van der Waals surface area contributed by atoms with E-state index in [4.69, 9.17) is 11.6 Å². The van der Waals surface area contributed by atoms with Crippen LogP contribution in [-0.4, -0.2) is 23.0 Å². The Hall–Kier alpha value is -1.99. The normalized spacial score (nSPS) is 11.8. The van der Waals surface area contributed by atoms with E-state index in [-0.39, 0.29) is 12.0 Å². The molecule has 0 heterocycles. The van der Waals surface area contributed by atoms with Crippen LogP contribution < -0.4 is 5.32 Å². The van der Waals surface area contributed by atoms with Gasteiger partial charge >= 0.3 is 5.97 Å². The molecular weight excluding hydrogens is 408 g/mol. The number of hydrogen-bond donors (Lipinski definition) is 2. The summed E-state index contributed by atoms with van der Waals surface area (Å²) in [6.45, 7) is 0. The van der Waals surface area contributed by atoms with Crippen LogP contribution >= 0.6 is 27.5 Å². The van der Waals surface area contributed by atoms with Gasteiger partial charge in [-0.1, -0.05) is 27.5 Å². The van der Waals surface area contributed by atoms with E-state index in [0.29, 0.717) is 21.1 Å². The van der Waals surface area contributed by atoms with Gasteiger partial charge < -0.3 is 10.4 Å². The molecule has 126 valence electrons. The molecule has 0 bridgehead atoms. The van der Waals surface area contributed by atoms with Crippen LogP contribution in [0, 0.1) is 11.6 Å². The van der Waals surface area contributed by atoms with Gasteiger partial charge in [0.05, 0.1) is 0 Å². The van der Waals surface area contributed by atoms with Crippen LogP contribution in [0.15, 0.2) is 40.9 Å². The van der Waals surface area contributed by atoms with Crippen molar-refractivity contribution in [3.05, 3.63) is 68.7 Å². The molecule has 0 aliphatic carbocycles. The van der Waals surface area contributed by atoms with Crippen molar-refractivity contribution < 1.29 is 23.5 Å². The van der Waals surface area contributed by atoms with E-state index in [9.17, 15) is 23.5 Å². The number of carboxylic acid groups (broad SMARTS) is 1. The molecule has 8 heteroatoms. The summed E-state index contributed by atoms with van der Waals surface area (Å²) in [5, 5.41) is 12.0. The van der Waals surface area contributed by atoms with Gasteiger partial charge in [-0.25, -0.2) is 13.6 Å². The smallest absolute Gasteiger partial charge is 0.326 e. The van der Waals surface area contributed by atoms with Gasteiger partial charge in [0, 0.05) is 21.5 Å². The van der Waals surface area contributed by atoms with Crippen molar-refractivity contribution in [2.75, 3.05) is 0 Å². The molecule has 0 unspecified atom stereocenters. The van der Waals surface area contributed by atoms with Crippen LogP contribution in [0.2, 0.25) is 5.02 Å². The molecule has 2 aromatic carbocycles. The average Bonchev–Trinajstić information content (AvgIpc) is 2.52. The quantitative estimate of drug-likeness (QED) is 0.776. The Labute approximate surface area is 149 Å². The number of amides is 1. The number of hydrogen-bond acceptors (Lipinski definition) is 2. The lowest BCUT2D eigenvalue weighted by Crippen LogP contribution is -2.42. The average molecular weight is 419 g/mol.